The quantitative estimate of drug-likeness (QED) is 0.890. The topological polar surface area (TPSA) is 55.6 Å². The normalized spacial score (nSPS) is 23.4. The molecule has 1 saturated heterocycles. The largest absolute Gasteiger partial charge is 0.364 e. The number of hydrogen-bond donors (Lipinski definition) is 1. The Morgan fingerprint density at radius 2 is 2.00 bits per heavy atom. The van der Waals surface area contributed by atoms with Crippen LogP contribution in [0.3, 0.4) is 0 Å². The minimum atomic E-state index is -0.620. The summed E-state index contributed by atoms with van der Waals surface area (Å²) in [7, 11) is 0. The van der Waals surface area contributed by atoms with E-state index in [0.29, 0.717) is 18.5 Å². The summed E-state index contributed by atoms with van der Waals surface area (Å²) < 4.78 is 32.5. The molecule has 4 nitrogen and oxygen atoms in total. The second kappa shape index (κ2) is 7.55. The van der Waals surface area contributed by atoms with E-state index in [9.17, 15) is 13.6 Å². The standard InChI is InChI=1S/C16H20F2N2O2.ClH/c17-11-2-1-10(14(18)7-11)9-20(12-3-4-12)16(21)15-6-5-13(8-19)22-15;/h1-2,7,12-13,15H,3-6,8-9,19H2;1H/t13-,15+;/m1./s1. The summed E-state index contributed by atoms with van der Waals surface area (Å²) in [5.74, 6) is -1.34. The molecule has 0 unspecified atom stereocenters. The van der Waals surface area contributed by atoms with Gasteiger partial charge in [-0.05, 0) is 31.7 Å². The molecular formula is C16H21ClF2N2O2. The molecule has 3 rings (SSSR count). The summed E-state index contributed by atoms with van der Waals surface area (Å²) in [5, 5.41) is 0. The average Bonchev–Trinajstić information content (AvgIpc) is 3.22. The molecule has 1 aliphatic carbocycles. The predicted octanol–water partition coefficient (Wildman–Crippen LogP) is 2.38. The minimum Gasteiger partial charge on any atom is -0.364 e. The molecule has 23 heavy (non-hydrogen) atoms. The zero-order valence-electron chi connectivity index (χ0n) is 12.7. The van der Waals surface area contributed by atoms with Crippen molar-refractivity contribution >= 4 is 18.3 Å². The molecule has 2 fully saturated rings. The number of halogens is 3. The Labute approximate surface area is 140 Å². The lowest BCUT2D eigenvalue weighted by Gasteiger charge is -2.26. The highest BCUT2D eigenvalue weighted by atomic mass is 35.5. The van der Waals surface area contributed by atoms with Gasteiger partial charge in [-0.15, -0.1) is 12.4 Å². The Balaban J connectivity index is 0.00000192. The number of hydrogen-bond acceptors (Lipinski definition) is 3. The average molecular weight is 347 g/mol. The first-order chi connectivity index (χ1) is 10.6. The first kappa shape index (κ1) is 18.1. The van der Waals surface area contributed by atoms with Gasteiger partial charge in [0.05, 0.1) is 6.10 Å². The highest BCUT2D eigenvalue weighted by Gasteiger charge is 2.39. The van der Waals surface area contributed by atoms with Gasteiger partial charge in [0.15, 0.2) is 0 Å². The lowest BCUT2D eigenvalue weighted by atomic mass is 10.1. The molecule has 0 spiro atoms. The van der Waals surface area contributed by atoms with Gasteiger partial charge in [0.2, 0.25) is 0 Å². The number of carbonyl (C=O) groups is 1. The summed E-state index contributed by atoms with van der Waals surface area (Å²) in [6.45, 7) is 0.558. The third-order valence-electron chi connectivity index (χ3n) is 4.27. The summed E-state index contributed by atoms with van der Waals surface area (Å²) in [6.07, 6.45) is 2.70. The van der Waals surface area contributed by atoms with Crippen molar-refractivity contribution in [3.63, 3.8) is 0 Å². The minimum absolute atomic E-state index is 0. The van der Waals surface area contributed by atoms with Crippen molar-refractivity contribution in [1.29, 1.82) is 0 Å². The maximum atomic E-state index is 13.8. The molecule has 1 saturated carbocycles. The number of benzene rings is 1. The van der Waals surface area contributed by atoms with Crippen molar-refractivity contribution in [2.75, 3.05) is 6.54 Å². The maximum absolute atomic E-state index is 13.8. The van der Waals surface area contributed by atoms with E-state index in [1.165, 1.54) is 12.1 Å². The molecule has 1 aliphatic heterocycles. The molecule has 1 aromatic carbocycles. The Kier molecular flexibility index (Phi) is 5.95. The van der Waals surface area contributed by atoms with Gasteiger partial charge in [0, 0.05) is 30.8 Å². The smallest absolute Gasteiger partial charge is 0.252 e. The van der Waals surface area contributed by atoms with E-state index in [0.717, 1.165) is 25.3 Å². The van der Waals surface area contributed by atoms with E-state index < -0.39 is 17.7 Å². The molecule has 1 heterocycles. The van der Waals surface area contributed by atoms with Crippen molar-refractivity contribution in [1.82, 2.24) is 4.90 Å². The second-order valence-electron chi connectivity index (χ2n) is 5.99. The number of rotatable bonds is 5. The Bertz CT molecular complexity index is 569. The van der Waals surface area contributed by atoms with Crippen LogP contribution in [0.5, 0.6) is 0 Å². The van der Waals surface area contributed by atoms with E-state index in [4.69, 9.17) is 10.5 Å². The third kappa shape index (κ3) is 4.19. The van der Waals surface area contributed by atoms with E-state index in [1.807, 2.05) is 0 Å². The molecule has 2 atom stereocenters. The number of nitrogens with zero attached hydrogens (tertiary/aromatic N) is 1. The van der Waals surface area contributed by atoms with Crippen LogP contribution in [0.25, 0.3) is 0 Å². The molecule has 1 aromatic rings. The number of carbonyl (C=O) groups excluding carboxylic acids is 1. The lowest BCUT2D eigenvalue weighted by molar-refractivity contribution is -0.144. The van der Waals surface area contributed by atoms with Gasteiger partial charge in [-0.3, -0.25) is 4.79 Å². The van der Waals surface area contributed by atoms with Crippen molar-refractivity contribution in [2.45, 2.75) is 50.5 Å². The van der Waals surface area contributed by atoms with Crippen LogP contribution in [0.2, 0.25) is 0 Å². The molecule has 2 N–H and O–H groups in total. The zero-order chi connectivity index (χ0) is 15.7. The van der Waals surface area contributed by atoms with Crippen molar-refractivity contribution in [3.8, 4) is 0 Å². The molecule has 0 bridgehead atoms. The highest BCUT2D eigenvalue weighted by Crippen LogP contribution is 2.32. The van der Waals surface area contributed by atoms with Gasteiger partial charge >= 0.3 is 0 Å². The molecule has 0 radical (unpaired) electrons. The van der Waals surface area contributed by atoms with Crippen LogP contribution in [0, 0.1) is 11.6 Å². The fourth-order valence-corrected chi connectivity index (χ4v) is 2.85. The van der Waals surface area contributed by atoms with Gasteiger partial charge in [0.25, 0.3) is 5.91 Å². The predicted molar refractivity (Wildman–Crippen MR) is 84.1 cm³/mol. The highest BCUT2D eigenvalue weighted by molar-refractivity contribution is 5.85. The summed E-state index contributed by atoms with van der Waals surface area (Å²) in [4.78, 5) is 14.3. The zero-order valence-corrected chi connectivity index (χ0v) is 13.5. The Morgan fingerprint density at radius 1 is 1.26 bits per heavy atom. The SMILES string of the molecule is Cl.NC[C@H]1CC[C@@H](C(=O)N(Cc2ccc(F)cc2F)C2CC2)O1. The monoisotopic (exact) mass is 346 g/mol. The van der Waals surface area contributed by atoms with Crippen LogP contribution < -0.4 is 5.73 Å². The van der Waals surface area contributed by atoms with Crippen LogP contribution in [0.15, 0.2) is 18.2 Å². The molecule has 0 aromatic heterocycles. The van der Waals surface area contributed by atoms with E-state index >= 15 is 0 Å². The van der Waals surface area contributed by atoms with Crippen LogP contribution in [-0.4, -0.2) is 35.6 Å². The fourth-order valence-electron chi connectivity index (χ4n) is 2.85. The van der Waals surface area contributed by atoms with Crippen molar-refractivity contribution in [3.05, 3.63) is 35.4 Å². The lowest BCUT2D eigenvalue weighted by Crippen LogP contribution is -2.40. The van der Waals surface area contributed by atoms with Crippen LogP contribution in [0.4, 0.5) is 8.78 Å². The van der Waals surface area contributed by atoms with E-state index in [2.05, 4.69) is 0 Å². The first-order valence-corrected chi connectivity index (χ1v) is 7.68. The number of nitrogens with two attached hydrogens (primary N) is 1. The molecular weight excluding hydrogens is 326 g/mol. The van der Waals surface area contributed by atoms with Crippen molar-refractivity contribution < 1.29 is 18.3 Å². The number of amides is 1. The van der Waals surface area contributed by atoms with Gasteiger partial charge in [-0.2, -0.15) is 0 Å². The Morgan fingerprint density at radius 3 is 2.57 bits per heavy atom. The maximum Gasteiger partial charge on any atom is 0.252 e. The fraction of sp³-hybridized carbons (Fsp3) is 0.562. The van der Waals surface area contributed by atoms with Gasteiger partial charge in [-0.25, -0.2) is 8.78 Å². The van der Waals surface area contributed by atoms with Gasteiger partial charge in [-0.1, -0.05) is 6.07 Å². The molecule has 7 heteroatoms. The molecule has 128 valence electrons. The van der Waals surface area contributed by atoms with E-state index in [-0.39, 0.29) is 37.0 Å². The van der Waals surface area contributed by atoms with Crippen molar-refractivity contribution in [2.24, 2.45) is 5.73 Å². The summed E-state index contributed by atoms with van der Waals surface area (Å²) in [6, 6.07) is 3.59. The summed E-state index contributed by atoms with van der Waals surface area (Å²) in [5.41, 5.74) is 5.90. The summed E-state index contributed by atoms with van der Waals surface area (Å²) >= 11 is 0. The van der Waals surface area contributed by atoms with Gasteiger partial charge in [0.1, 0.15) is 17.7 Å². The Hall–Kier alpha value is -1.24. The molecule has 1 amide bonds. The second-order valence-corrected chi connectivity index (χ2v) is 5.99. The first-order valence-electron chi connectivity index (χ1n) is 7.68. The van der Waals surface area contributed by atoms with Crippen LogP contribution in [0.1, 0.15) is 31.2 Å². The van der Waals surface area contributed by atoms with Crippen LogP contribution in [-0.2, 0) is 16.1 Å². The number of ether oxygens (including phenoxy) is 1. The van der Waals surface area contributed by atoms with Crippen LogP contribution >= 0.6 is 12.4 Å². The van der Waals surface area contributed by atoms with E-state index in [1.54, 1.807) is 4.90 Å². The molecule has 2 aliphatic rings. The van der Waals surface area contributed by atoms with Gasteiger partial charge < -0.3 is 15.4 Å². The third-order valence-corrected chi connectivity index (χ3v) is 4.27.